The molecule has 2 aromatic carbocycles. The first-order chi connectivity index (χ1) is 12.3. The van der Waals surface area contributed by atoms with Crippen LogP contribution in [-0.4, -0.2) is 13.0 Å². The number of benzene rings is 2. The molecule has 0 bridgehead atoms. The third-order valence-corrected chi connectivity index (χ3v) is 7.56. The number of aromatic nitrogens is 1. The molecule has 5 nitrogen and oxygen atoms in total. The molecule has 1 N–H and O–H groups in total. The van der Waals surface area contributed by atoms with Crippen LogP contribution in [0.15, 0.2) is 46.1 Å². The Morgan fingerprint density at radius 3 is 2.69 bits per heavy atom. The van der Waals surface area contributed by atoms with Crippen molar-refractivity contribution in [1.29, 1.82) is 0 Å². The van der Waals surface area contributed by atoms with Crippen molar-refractivity contribution in [2.75, 3.05) is 0 Å². The molecule has 3 aromatic rings. The molecular formula is C19H20N2O3S2. The Labute approximate surface area is 156 Å². The highest BCUT2D eigenvalue weighted by molar-refractivity contribution is 7.89. The third kappa shape index (κ3) is 3.00. The molecule has 0 radical (unpaired) electrons. The van der Waals surface area contributed by atoms with Gasteiger partial charge in [0, 0.05) is 13.1 Å². The number of thiazole rings is 1. The fraction of sp³-hybridized carbons (Fsp3) is 0.316. The molecule has 7 heteroatoms. The van der Waals surface area contributed by atoms with Crippen LogP contribution in [0.3, 0.4) is 0 Å². The van der Waals surface area contributed by atoms with Crippen LogP contribution in [0.1, 0.15) is 36.1 Å². The van der Waals surface area contributed by atoms with E-state index in [9.17, 15) is 13.2 Å². The summed E-state index contributed by atoms with van der Waals surface area (Å²) >= 11 is 1.05. The van der Waals surface area contributed by atoms with E-state index in [2.05, 4.69) is 16.9 Å². The van der Waals surface area contributed by atoms with Crippen molar-refractivity contribution < 1.29 is 8.42 Å². The van der Waals surface area contributed by atoms with Gasteiger partial charge >= 0.3 is 4.87 Å². The van der Waals surface area contributed by atoms with Gasteiger partial charge in [-0.3, -0.25) is 4.79 Å². The largest absolute Gasteiger partial charge is 0.307 e. The Bertz CT molecular complexity index is 1160. The van der Waals surface area contributed by atoms with Gasteiger partial charge in [-0.15, -0.1) is 0 Å². The minimum Gasteiger partial charge on any atom is -0.302 e. The molecule has 0 saturated heterocycles. The van der Waals surface area contributed by atoms with Gasteiger partial charge in [0.2, 0.25) is 10.0 Å². The second kappa shape index (κ2) is 6.33. The summed E-state index contributed by atoms with van der Waals surface area (Å²) in [5.74, 6) is 0. The van der Waals surface area contributed by atoms with E-state index < -0.39 is 10.0 Å². The van der Waals surface area contributed by atoms with E-state index >= 15 is 0 Å². The van der Waals surface area contributed by atoms with Crippen LogP contribution in [0.5, 0.6) is 0 Å². The van der Waals surface area contributed by atoms with Gasteiger partial charge in [-0.2, -0.15) is 0 Å². The Morgan fingerprint density at radius 2 is 1.88 bits per heavy atom. The number of hydrogen-bond donors (Lipinski definition) is 1. The predicted molar refractivity (Wildman–Crippen MR) is 104 cm³/mol. The zero-order valence-electron chi connectivity index (χ0n) is 14.7. The van der Waals surface area contributed by atoms with E-state index in [1.165, 1.54) is 22.1 Å². The molecule has 1 aliphatic rings. The van der Waals surface area contributed by atoms with Crippen molar-refractivity contribution in [3.63, 3.8) is 0 Å². The van der Waals surface area contributed by atoms with Crippen LogP contribution in [0.4, 0.5) is 0 Å². The van der Waals surface area contributed by atoms with E-state index in [0.29, 0.717) is 4.70 Å². The van der Waals surface area contributed by atoms with Crippen molar-refractivity contribution >= 4 is 31.6 Å². The average Bonchev–Trinajstić information content (AvgIpc) is 3.18. The van der Waals surface area contributed by atoms with Crippen molar-refractivity contribution in [1.82, 2.24) is 9.29 Å². The summed E-state index contributed by atoms with van der Waals surface area (Å²) in [6, 6.07) is 10.7. The van der Waals surface area contributed by atoms with Crippen LogP contribution < -0.4 is 9.60 Å². The fourth-order valence-electron chi connectivity index (χ4n) is 3.51. The first kappa shape index (κ1) is 17.5. The van der Waals surface area contributed by atoms with Gasteiger partial charge in [-0.05, 0) is 61.1 Å². The summed E-state index contributed by atoms with van der Waals surface area (Å²) in [4.78, 5) is 11.8. The standard InChI is InChI=1S/C19H20N2O3S2/c1-12(14-7-6-13-4-3-5-15(13)10-14)20-26(23,24)16-8-9-17-18(11-16)25-19(22)21(17)2/h6-12,20H,3-5H2,1-2H3/t12-/m0/s1. The number of nitrogens with zero attached hydrogens (tertiary/aromatic N) is 1. The molecule has 0 amide bonds. The molecule has 1 aliphatic carbocycles. The Morgan fingerprint density at radius 1 is 1.12 bits per heavy atom. The fourth-order valence-corrected chi connectivity index (χ4v) is 5.76. The van der Waals surface area contributed by atoms with Crippen molar-refractivity contribution in [2.24, 2.45) is 7.05 Å². The lowest BCUT2D eigenvalue weighted by Crippen LogP contribution is -2.27. The number of nitrogens with one attached hydrogen (secondary N) is 1. The maximum Gasteiger partial charge on any atom is 0.307 e. The third-order valence-electron chi connectivity index (χ3n) is 5.03. The molecule has 0 spiro atoms. The van der Waals surface area contributed by atoms with Gasteiger partial charge in [0.1, 0.15) is 0 Å². The Balaban J connectivity index is 1.63. The van der Waals surface area contributed by atoms with E-state index in [-0.39, 0.29) is 15.8 Å². The summed E-state index contributed by atoms with van der Waals surface area (Å²) in [5.41, 5.74) is 4.41. The molecule has 0 fully saturated rings. The van der Waals surface area contributed by atoms with Gasteiger partial charge in [-0.1, -0.05) is 29.5 Å². The van der Waals surface area contributed by atoms with E-state index in [4.69, 9.17) is 0 Å². The molecule has 1 aromatic heterocycles. The van der Waals surface area contributed by atoms with E-state index in [1.54, 1.807) is 25.2 Å². The van der Waals surface area contributed by atoms with Crippen molar-refractivity contribution in [2.45, 2.75) is 37.1 Å². The van der Waals surface area contributed by atoms with Crippen molar-refractivity contribution in [3.05, 3.63) is 62.8 Å². The summed E-state index contributed by atoms with van der Waals surface area (Å²) < 4.78 is 30.5. The van der Waals surface area contributed by atoms with Crippen LogP contribution in [0.2, 0.25) is 0 Å². The lowest BCUT2D eigenvalue weighted by Gasteiger charge is -2.16. The summed E-state index contributed by atoms with van der Waals surface area (Å²) in [5, 5.41) is 0. The minimum atomic E-state index is -3.67. The number of aryl methyl sites for hydroxylation is 3. The van der Waals surface area contributed by atoms with Crippen molar-refractivity contribution in [3.8, 4) is 0 Å². The SMILES string of the molecule is C[C@H](NS(=O)(=O)c1ccc2c(c1)sc(=O)n2C)c1ccc2c(c1)CCC2. The van der Waals surface area contributed by atoms with Gasteiger partial charge < -0.3 is 4.57 Å². The Hall–Kier alpha value is -1.96. The lowest BCUT2D eigenvalue weighted by atomic mass is 10.0. The molecule has 1 heterocycles. The monoisotopic (exact) mass is 388 g/mol. The quantitative estimate of drug-likeness (QED) is 0.747. The summed E-state index contributed by atoms with van der Waals surface area (Å²) in [7, 11) is -1.99. The van der Waals surface area contributed by atoms with E-state index in [0.717, 1.165) is 35.3 Å². The molecule has 136 valence electrons. The molecule has 26 heavy (non-hydrogen) atoms. The number of sulfonamides is 1. The maximum absolute atomic E-state index is 12.8. The normalized spacial score (nSPS) is 15.3. The summed E-state index contributed by atoms with van der Waals surface area (Å²) in [6.07, 6.45) is 3.33. The molecule has 0 unspecified atom stereocenters. The zero-order valence-corrected chi connectivity index (χ0v) is 16.3. The van der Waals surface area contributed by atoms with Crippen LogP contribution in [0, 0.1) is 0 Å². The lowest BCUT2D eigenvalue weighted by molar-refractivity contribution is 0.567. The smallest absolute Gasteiger partial charge is 0.302 e. The highest BCUT2D eigenvalue weighted by Gasteiger charge is 2.21. The van der Waals surface area contributed by atoms with Crippen LogP contribution >= 0.6 is 11.3 Å². The number of rotatable bonds is 4. The maximum atomic E-state index is 12.8. The average molecular weight is 389 g/mol. The Kier molecular flexibility index (Phi) is 4.25. The molecule has 1 atom stereocenters. The zero-order chi connectivity index (χ0) is 18.5. The molecule has 0 saturated carbocycles. The van der Waals surface area contributed by atoms with Gasteiger partial charge in [0.25, 0.3) is 0 Å². The topological polar surface area (TPSA) is 68.2 Å². The van der Waals surface area contributed by atoms with Gasteiger partial charge in [-0.25, -0.2) is 13.1 Å². The first-order valence-electron chi connectivity index (χ1n) is 8.59. The number of hydrogen-bond acceptors (Lipinski definition) is 4. The molecule has 0 aliphatic heterocycles. The molecular weight excluding hydrogens is 368 g/mol. The van der Waals surface area contributed by atoms with Gasteiger partial charge in [0.05, 0.1) is 15.1 Å². The highest BCUT2D eigenvalue weighted by atomic mass is 32.2. The summed E-state index contributed by atoms with van der Waals surface area (Å²) in [6.45, 7) is 1.85. The van der Waals surface area contributed by atoms with E-state index in [1.807, 2.05) is 13.0 Å². The highest BCUT2D eigenvalue weighted by Crippen LogP contribution is 2.27. The van der Waals surface area contributed by atoms with Crippen LogP contribution in [0.25, 0.3) is 10.2 Å². The predicted octanol–water partition coefficient (Wildman–Crippen LogP) is 3.13. The second-order valence-electron chi connectivity index (χ2n) is 6.78. The number of fused-ring (bicyclic) bond motifs is 2. The second-order valence-corrected chi connectivity index (χ2v) is 9.49. The molecule has 4 rings (SSSR count). The van der Waals surface area contributed by atoms with Gasteiger partial charge in [0.15, 0.2) is 0 Å². The first-order valence-corrected chi connectivity index (χ1v) is 10.9. The van der Waals surface area contributed by atoms with Crippen LogP contribution in [-0.2, 0) is 29.9 Å². The minimum absolute atomic E-state index is 0.103.